The lowest BCUT2D eigenvalue weighted by atomic mass is 10.0. The first-order valence-corrected chi connectivity index (χ1v) is 10.3. The summed E-state index contributed by atoms with van der Waals surface area (Å²) in [5.74, 6) is -0.474. The quantitative estimate of drug-likeness (QED) is 0.541. The second kappa shape index (κ2) is 8.10. The first kappa shape index (κ1) is 19.2. The van der Waals surface area contributed by atoms with Gasteiger partial charge in [0.25, 0.3) is 11.8 Å². The van der Waals surface area contributed by atoms with Crippen LogP contribution in [0.15, 0.2) is 88.7 Å². The van der Waals surface area contributed by atoms with E-state index < -0.39 is 0 Å². The molecule has 0 radical (unpaired) electrons. The van der Waals surface area contributed by atoms with Gasteiger partial charge in [-0.25, -0.2) is 0 Å². The fraction of sp³-hybridized carbons (Fsp3) is 0.120. The van der Waals surface area contributed by atoms with Crippen molar-refractivity contribution in [1.29, 1.82) is 0 Å². The van der Waals surface area contributed by atoms with E-state index in [1.165, 1.54) is 16.7 Å². The zero-order chi connectivity index (χ0) is 20.4. The predicted molar refractivity (Wildman–Crippen MR) is 117 cm³/mol. The molecule has 0 atom stereocenters. The number of hydrogen-bond donors (Lipinski definition) is 0. The summed E-state index contributed by atoms with van der Waals surface area (Å²) < 4.78 is 0. The summed E-state index contributed by atoms with van der Waals surface area (Å²) in [5.41, 5.74) is 4.45. The molecule has 2 amide bonds. The van der Waals surface area contributed by atoms with E-state index in [9.17, 15) is 9.59 Å². The molecule has 4 rings (SSSR count). The number of benzene rings is 3. The Labute approximate surface area is 175 Å². The van der Waals surface area contributed by atoms with Crippen molar-refractivity contribution < 1.29 is 9.59 Å². The summed E-state index contributed by atoms with van der Waals surface area (Å²) in [4.78, 5) is 29.3. The van der Waals surface area contributed by atoms with Crippen LogP contribution in [0.5, 0.6) is 0 Å². The van der Waals surface area contributed by atoms with Crippen molar-refractivity contribution in [3.05, 3.63) is 106 Å². The summed E-state index contributed by atoms with van der Waals surface area (Å²) in [6.45, 7) is 4.29. The summed E-state index contributed by atoms with van der Waals surface area (Å²) in [6.07, 6.45) is 0. The Morgan fingerprint density at radius 3 is 1.93 bits per heavy atom. The molecule has 1 aliphatic rings. The van der Waals surface area contributed by atoms with Gasteiger partial charge in [0, 0.05) is 4.90 Å². The van der Waals surface area contributed by atoms with Gasteiger partial charge in [-0.05, 0) is 37.1 Å². The van der Waals surface area contributed by atoms with Gasteiger partial charge in [-0.15, -0.1) is 0 Å². The van der Waals surface area contributed by atoms with Gasteiger partial charge in [0.05, 0.1) is 17.0 Å². The van der Waals surface area contributed by atoms with Gasteiger partial charge < -0.3 is 0 Å². The van der Waals surface area contributed by atoms with Crippen molar-refractivity contribution in [3.8, 4) is 0 Å². The average Bonchev–Trinajstić information content (AvgIpc) is 2.95. The van der Waals surface area contributed by atoms with Crippen LogP contribution < -0.4 is 0 Å². The van der Waals surface area contributed by atoms with Crippen LogP contribution in [-0.2, 0) is 16.1 Å². The van der Waals surface area contributed by atoms with Crippen molar-refractivity contribution in [2.45, 2.75) is 25.3 Å². The van der Waals surface area contributed by atoms with Crippen molar-refractivity contribution in [2.75, 3.05) is 0 Å². The van der Waals surface area contributed by atoms with E-state index in [0.29, 0.717) is 10.5 Å². The number of rotatable bonds is 5. The van der Waals surface area contributed by atoms with E-state index in [4.69, 9.17) is 0 Å². The third kappa shape index (κ3) is 4.03. The molecule has 3 nitrogen and oxygen atoms in total. The second-order valence-electron chi connectivity index (χ2n) is 7.17. The number of nitrogens with zero attached hydrogens (tertiary/aromatic N) is 1. The number of hydrogen-bond acceptors (Lipinski definition) is 3. The Kier molecular flexibility index (Phi) is 5.36. The molecule has 3 aromatic carbocycles. The average molecular weight is 400 g/mol. The first-order chi connectivity index (χ1) is 14.0. The van der Waals surface area contributed by atoms with E-state index >= 15 is 0 Å². The SMILES string of the molecule is Cc1ccc(CN2C(=O)C(Sc3ccccc3)=C(c3ccc(C)cc3)C2=O)cc1. The van der Waals surface area contributed by atoms with E-state index in [2.05, 4.69) is 0 Å². The minimum atomic E-state index is -0.238. The fourth-order valence-corrected chi connectivity index (χ4v) is 4.28. The van der Waals surface area contributed by atoms with Crippen LogP contribution >= 0.6 is 11.8 Å². The topological polar surface area (TPSA) is 37.4 Å². The zero-order valence-electron chi connectivity index (χ0n) is 16.4. The van der Waals surface area contributed by atoms with E-state index in [1.54, 1.807) is 0 Å². The molecule has 0 bridgehead atoms. The molecule has 3 aromatic rings. The summed E-state index contributed by atoms with van der Waals surface area (Å²) in [6, 6.07) is 25.4. The van der Waals surface area contributed by atoms with Crippen molar-refractivity contribution in [1.82, 2.24) is 4.90 Å². The number of aryl methyl sites for hydroxylation is 2. The molecule has 0 saturated carbocycles. The summed E-state index contributed by atoms with van der Waals surface area (Å²) in [7, 11) is 0. The van der Waals surface area contributed by atoms with Gasteiger partial charge >= 0.3 is 0 Å². The minimum Gasteiger partial charge on any atom is -0.269 e. The number of imide groups is 1. The summed E-state index contributed by atoms with van der Waals surface area (Å²) >= 11 is 1.35. The third-order valence-corrected chi connectivity index (χ3v) is 5.98. The highest BCUT2D eigenvalue weighted by Crippen LogP contribution is 2.40. The zero-order valence-corrected chi connectivity index (χ0v) is 17.2. The Morgan fingerprint density at radius 2 is 1.31 bits per heavy atom. The highest BCUT2D eigenvalue weighted by molar-refractivity contribution is 8.04. The number of carbonyl (C=O) groups excluding carboxylic acids is 2. The summed E-state index contributed by atoms with van der Waals surface area (Å²) in [5, 5.41) is 0. The standard InChI is InChI=1S/C25H21NO2S/c1-17-8-12-19(13-9-17)16-26-24(27)22(20-14-10-18(2)11-15-20)23(25(26)28)29-21-6-4-3-5-7-21/h3-15H,16H2,1-2H3. The smallest absolute Gasteiger partial charge is 0.268 e. The molecule has 1 heterocycles. The maximum Gasteiger partial charge on any atom is 0.268 e. The molecule has 1 aliphatic heterocycles. The molecule has 0 fully saturated rings. The molecular formula is C25H21NO2S. The molecule has 4 heteroatoms. The predicted octanol–water partition coefficient (Wildman–Crippen LogP) is 5.38. The van der Waals surface area contributed by atoms with Crippen molar-refractivity contribution in [2.24, 2.45) is 0 Å². The van der Waals surface area contributed by atoms with E-state index in [0.717, 1.165) is 27.1 Å². The monoisotopic (exact) mass is 399 g/mol. The number of amides is 2. The first-order valence-electron chi connectivity index (χ1n) is 9.49. The second-order valence-corrected chi connectivity index (χ2v) is 8.25. The largest absolute Gasteiger partial charge is 0.269 e. The van der Waals surface area contributed by atoms with Crippen LogP contribution in [0.3, 0.4) is 0 Å². The number of thioether (sulfide) groups is 1. The molecular weight excluding hydrogens is 378 g/mol. The molecule has 0 N–H and O–H groups in total. The van der Waals surface area contributed by atoms with Crippen LogP contribution in [0.1, 0.15) is 22.3 Å². The Morgan fingerprint density at radius 1 is 0.724 bits per heavy atom. The molecule has 144 valence electrons. The van der Waals surface area contributed by atoms with Gasteiger partial charge in [-0.3, -0.25) is 14.5 Å². The van der Waals surface area contributed by atoms with E-state index in [1.807, 2.05) is 92.7 Å². The number of carbonyl (C=O) groups is 2. The van der Waals surface area contributed by atoms with Gasteiger partial charge in [-0.2, -0.15) is 0 Å². The van der Waals surface area contributed by atoms with Gasteiger partial charge in [-0.1, -0.05) is 89.6 Å². The molecule has 0 aromatic heterocycles. The Bertz CT molecular complexity index is 1080. The molecule has 0 aliphatic carbocycles. The minimum absolute atomic E-state index is 0.236. The normalized spacial score (nSPS) is 14.1. The van der Waals surface area contributed by atoms with Crippen LogP contribution in [0, 0.1) is 13.8 Å². The molecule has 0 unspecified atom stereocenters. The molecule has 0 saturated heterocycles. The van der Waals surface area contributed by atoms with Gasteiger partial charge in [0.2, 0.25) is 0 Å². The lowest BCUT2D eigenvalue weighted by molar-refractivity contribution is -0.137. The van der Waals surface area contributed by atoms with Crippen LogP contribution in [-0.4, -0.2) is 16.7 Å². The maximum absolute atomic E-state index is 13.3. The molecule has 29 heavy (non-hydrogen) atoms. The van der Waals surface area contributed by atoms with Crippen LogP contribution in [0.4, 0.5) is 0 Å². The van der Waals surface area contributed by atoms with E-state index in [-0.39, 0.29) is 18.4 Å². The molecule has 0 spiro atoms. The van der Waals surface area contributed by atoms with Gasteiger partial charge in [0.15, 0.2) is 0 Å². The highest BCUT2D eigenvalue weighted by Gasteiger charge is 2.39. The van der Waals surface area contributed by atoms with Crippen LogP contribution in [0.2, 0.25) is 0 Å². The van der Waals surface area contributed by atoms with Gasteiger partial charge in [0.1, 0.15) is 0 Å². The van der Waals surface area contributed by atoms with Crippen LogP contribution in [0.25, 0.3) is 5.57 Å². The Balaban J connectivity index is 1.72. The maximum atomic E-state index is 13.3. The third-order valence-electron chi connectivity index (χ3n) is 4.89. The fourth-order valence-electron chi connectivity index (χ4n) is 3.25. The van der Waals surface area contributed by atoms with Crippen molar-refractivity contribution in [3.63, 3.8) is 0 Å². The lowest BCUT2D eigenvalue weighted by Crippen LogP contribution is -2.30. The lowest BCUT2D eigenvalue weighted by Gasteiger charge is -2.15. The highest BCUT2D eigenvalue weighted by atomic mass is 32.2. The van der Waals surface area contributed by atoms with Crippen molar-refractivity contribution >= 4 is 29.1 Å². The Hall–Kier alpha value is -3.11.